The lowest BCUT2D eigenvalue weighted by Crippen LogP contribution is -2.26. The Labute approximate surface area is 212 Å². The number of aliphatic hydroxyl groups is 1. The van der Waals surface area contributed by atoms with E-state index in [1.54, 1.807) is 32.9 Å². The second kappa shape index (κ2) is 10.1. The predicted octanol–water partition coefficient (Wildman–Crippen LogP) is 3.98. The van der Waals surface area contributed by atoms with Crippen LogP contribution < -0.4 is 10.1 Å². The van der Waals surface area contributed by atoms with Crippen LogP contribution in [0.5, 0.6) is 11.6 Å². The SMILES string of the molecule is Cc1c(C(=O)NCc2ccc(S(C)(=O)=O)cc2)nn(C(C)(C)C)c1Oc1cncc(CO)c1C(F)(F)F. The zero-order chi connectivity index (χ0) is 27.8. The van der Waals surface area contributed by atoms with E-state index in [1.165, 1.54) is 23.7 Å². The van der Waals surface area contributed by atoms with Gasteiger partial charge in [-0.2, -0.15) is 18.3 Å². The second-order valence-electron chi connectivity index (χ2n) is 9.39. The molecular weight excluding hydrogens is 513 g/mol. The van der Waals surface area contributed by atoms with Crippen LogP contribution >= 0.6 is 0 Å². The Kier molecular flexibility index (Phi) is 7.70. The maximum Gasteiger partial charge on any atom is 0.420 e. The van der Waals surface area contributed by atoms with Crippen LogP contribution in [0.3, 0.4) is 0 Å². The van der Waals surface area contributed by atoms with Crippen molar-refractivity contribution in [3.05, 3.63) is 64.6 Å². The van der Waals surface area contributed by atoms with Gasteiger partial charge in [-0.3, -0.25) is 9.78 Å². The number of amides is 1. The molecule has 2 N–H and O–H groups in total. The van der Waals surface area contributed by atoms with Gasteiger partial charge in [0.25, 0.3) is 5.91 Å². The number of aromatic nitrogens is 3. The number of hydrogen-bond donors (Lipinski definition) is 2. The normalized spacial score (nSPS) is 12.5. The molecule has 0 aliphatic heterocycles. The third-order valence-electron chi connectivity index (χ3n) is 5.37. The lowest BCUT2D eigenvalue weighted by Gasteiger charge is -2.23. The largest absolute Gasteiger partial charge is 0.437 e. The minimum Gasteiger partial charge on any atom is -0.437 e. The van der Waals surface area contributed by atoms with E-state index in [1.807, 2.05) is 0 Å². The fourth-order valence-electron chi connectivity index (χ4n) is 3.50. The average molecular weight is 541 g/mol. The van der Waals surface area contributed by atoms with Crippen LogP contribution in [-0.4, -0.2) is 40.5 Å². The Hall–Kier alpha value is -3.45. The van der Waals surface area contributed by atoms with Gasteiger partial charge in [0.15, 0.2) is 21.3 Å². The molecule has 0 spiro atoms. The number of rotatable bonds is 7. The van der Waals surface area contributed by atoms with Gasteiger partial charge in [0.05, 0.1) is 23.2 Å². The molecule has 200 valence electrons. The monoisotopic (exact) mass is 540 g/mol. The number of halogens is 3. The zero-order valence-electron chi connectivity index (χ0n) is 20.8. The average Bonchev–Trinajstić information content (AvgIpc) is 3.12. The van der Waals surface area contributed by atoms with Gasteiger partial charge < -0.3 is 15.2 Å². The number of aliphatic hydroxyl groups excluding tert-OH is 1. The van der Waals surface area contributed by atoms with Crippen molar-refractivity contribution in [1.29, 1.82) is 0 Å². The molecule has 0 fully saturated rings. The summed E-state index contributed by atoms with van der Waals surface area (Å²) < 4.78 is 71.6. The van der Waals surface area contributed by atoms with Crippen molar-refractivity contribution in [1.82, 2.24) is 20.1 Å². The molecule has 1 aromatic carbocycles. The van der Waals surface area contributed by atoms with Crippen LogP contribution in [-0.2, 0) is 34.7 Å². The van der Waals surface area contributed by atoms with Crippen LogP contribution in [0.15, 0.2) is 41.6 Å². The van der Waals surface area contributed by atoms with E-state index in [4.69, 9.17) is 4.74 Å². The van der Waals surface area contributed by atoms with Gasteiger partial charge in [0.1, 0.15) is 5.56 Å². The van der Waals surface area contributed by atoms with Crippen molar-refractivity contribution in [2.24, 2.45) is 0 Å². The number of benzene rings is 1. The summed E-state index contributed by atoms with van der Waals surface area (Å²) in [6, 6.07) is 5.97. The molecule has 37 heavy (non-hydrogen) atoms. The number of pyridine rings is 1. The standard InChI is InChI=1S/C24H27F3N4O5S/c1-14-20(21(33)29-10-15-6-8-17(9-7-15)37(5,34)35)30-31(23(2,3)4)22(14)36-18-12-28-11-16(13-32)19(18)24(25,26)27/h6-9,11-12,32H,10,13H2,1-5H3,(H,29,33). The Morgan fingerprint density at radius 3 is 2.27 bits per heavy atom. The third-order valence-corrected chi connectivity index (χ3v) is 6.50. The summed E-state index contributed by atoms with van der Waals surface area (Å²) in [4.78, 5) is 16.9. The summed E-state index contributed by atoms with van der Waals surface area (Å²) in [7, 11) is -3.36. The Morgan fingerprint density at radius 1 is 1.14 bits per heavy atom. The maximum atomic E-state index is 13.8. The highest BCUT2D eigenvalue weighted by atomic mass is 32.2. The Balaban J connectivity index is 1.95. The molecule has 0 bridgehead atoms. The first-order valence-corrected chi connectivity index (χ1v) is 12.9. The maximum absolute atomic E-state index is 13.8. The van der Waals surface area contributed by atoms with Crippen LogP contribution in [0, 0.1) is 6.92 Å². The first-order chi connectivity index (χ1) is 17.0. The fourth-order valence-corrected chi connectivity index (χ4v) is 4.13. The zero-order valence-corrected chi connectivity index (χ0v) is 21.7. The summed E-state index contributed by atoms with van der Waals surface area (Å²) >= 11 is 0. The number of carbonyl (C=O) groups is 1. The summed E-state index contributed by atoms with van der Waals surface area (Å²) in [5.74, 6) is -1.32. The molecule has 0 atom stereocenters. The topological polar surface area (TPSA) is 123 Å². The number of nitrogens with one attached hydrogen (secondary N) is 1. The smallest absolute Gasteiger partial charge is 0.420 e. The lowest BCUT2D eigenvalue weighted by atomic mass is 10.1. The van der Waals surface area contributed by atoms with Gasteiger partial charge in [0.2, 0.25) is 5.88 Å². The second-order valence-corrected chi connectivity index (χ2v) is 11.4. The number of ether oxygens (including phenoxy) is 1. The van der Waals surface area contributed by atoms with Crippen LogP contribution in [0.1, 0.15) is 53.5 Å². The molecule has 0 radical (unpaired) electrons. The molecular formula is C24H27F3N4O5S. The number of nitrogens with zero attached hydrogens (tertiary/aromatic N) is 3. The summed E-state index contributed by atoms with van der Waals surface area (Å²) in [6.45, 7) is 5.88. The fraction of sp³-hybridized carbons (Fsp3) is 0.375. The van der Waals surface area contributed by atoms with Crippen LogP contribution in [0.2, 0.25) is 0 Å². The van der Waals surface area contributed by atoms with E-state index in [2.05, 4.69) is 15.4 Å². The minimum atomic E-state index is -4.83. The third kappa shape index (κ3) is 6.28. The molecule has 2 aromatic heterocycles. The molecule has 2 heterocycles. The van der Waals surface area contributed by atoms with E-state index in [-0.39, 0.29) is 28.6 Å². The lowest BCUT2D eigenvalue weighted by molar-refractivity contribution is -0.139. The summed E-state index contributed by atoms with van der Waals surface area (Å²) in [5.41, 5.74) is -1.63. The molecule has 9 nitrogen and oxygen atoms in total. The van der Waals surface area contributed by atoms with E-state index in [0.29, 0.717) is 5.56 Å². The van der Waals surface area contributed by atoms with Crippen molar-refractivity contribution >= 4 is 15.7 Å². The van der Waals surface area contributed by atoms with Gasteiger partial charge in [-0.25, -0.2) is 13.1 Å². The van der Waals surface area contributed by atoms with Crippen molar-refractivity contribution in [3.8, 4) is 11.6 Å². The van der Waals surface area contributed by atoms with Crippen molar-refractivity contribution in [3.63, 3.8) is 0 Å². The highest BCUT2D eigenvalue weighted by molar-refractivity contribution is 7.90. The van der Waals surface area contributed by atoms with Gasteiger partial charge >= 0.3 is 6.18 Å². The van der Waals surface area contributed by atoms with Crippen molar-refractivity contribution < 1.29 is 36.2 Å². The van der Waals surface area contributed by atoms with Crippen molar-refractivity contribution in [2.75, 3.05) is 6.26 Å². The van der Waals surface area contributed by atoms with Gasteiger partial charge in [-0.05, 0) is 45.4 Å². The molecule has 3 rings (SSSR count). The molecule has 0 aliphatic rings. The molecule has 1 amide bonds. The Morgan fingerprint density at radius 2 is 1.76 bits per heavy atom. The summed E-state index contributed by atoms with van der Waals surface area (Å²) in [6.07, 6.45) is -1.94. The molecule has 0 saturated carbocycles. The molecule has 0 unspecified atom stereocenters. The first kappa shape index (κ1) is 28.1. The van der Waals surface area contributed by atoms with Gasteiger partial charge in [-0.15, -0.1) is 0 Å². The van der Waals surface area contributed by atoms with Crippen molar-refractivity contribution in [2.45, 2.75) is 57.5 Å². The molecule has 13 heteroatoms. The van der Waals surface area contributed by atoms with E-state index in [0.717, 1.165) is 18.6 Å². The highest BCUT2D eigenvalue weighted by Crippen LogP contribution is 2.41. The molecule has 0 aliphatic carbocycles. The highest BCUT2D eigenvalue weighted by Gasteiger charge is 2.38. The van der Waals surface area contributed by atoms with Gasteiger partial charge in [-0.1, -0.05) is 12.1 Å². The van der Waals surface area contributed by atoms with E-state index < -0.39 is 50.9 Å². The van der Waals surface area contributed by atoms with Crippen LogP contribution in [0.4, 0.5) is 13.2 Å². The van der Waals surface area contributed by atoms with Crippen LogP contribution in [0.25, 0.3) is 0 Å². The Bertz CT molecular complexity index is 1410. The molecule has 0 saturated heterocycles. The number of sulfone groups is 1. The predicted molar refractivity (Wildman–Crippen MR) is 128 cm³/mol. The van der Waals surface area contributed by atoms with E-state index in [9.17, 15) is 31.5 Å². The number of alkyl halides is 3. The quantitative estimate of drug-likeness (QED) is 0.465. The number of carbonyl (C=O) groups excluding carboxylic acids is 1. The van der Waals surface area contributed by atoms with Gasteiger partial charge in [0, 0.05) is 30.1 Å². The summed E-state index contributed by atoms with van der Waals surface area (Å²) in [5, 5.41) is 16.4. The number of hydrogen-bond acceptors (Lipinski definition) is 7. The molecule has 3 aromatic rings. The first-order valence-electron chi connectivity index (χ1n) is 11.0. The van der Waals surface area contributed by atoms with E-state index >= 15 is 0 Å². The minimum absolute atomic E-state index is 0.0571.